The van der Waals surface area contributed by atoms with Gasteiger partial charge in [0, 0.05) is 12.0 Å². The average Bonchev–Trinajstić information content (AvgIpc) is 2.30. The minimum Gasteiger partial charge on any atom is -0.261 e. The Balaban J connectivity index is 3.00. The number of nitrogens with one attached hydrogen (secondary N) is 1. The van der Waals surface area contributed by atoms with Gasteiger partial charge in [0.2, 0.25) is 0 Å². The number of aromatic nitrogens is 2. The van der Waals surface area contributed by atoms with Crippen LogP contribution in [0.4, 0.5) is 0 Å². The maximum Gasteiger partial charge on any atom is 0.267 e. The minimum absolute atomic E-state index is 0.346. The van der Waals surface area contributed by atoms with Crippen LogP contribution in [0.15, 0.2) is 6.07 Å². The summed E-state index contributed by atoms with van der Waals surface area (Å²) in [5, 5.41) is 12.3. The lowest BCUT2D eigenvalue weighted by Crippen LogP contribution is -2.36. The van der Waals surface area contributed by atoms with Crippen LogP contribution < -0.4 is 4.85 Å². The first-order chi connectivity index (χ1) is 5.52. The molecule has 2 N–H and O–H groups in total. The fraction of sp³-hybridized carbons (Fsp3) is 0.667. The summed E-state index contributed by atoms with van der Waals surface area (Å²) in [6.45, 7) is 8.30. The largest absolute Gasteiger partial charge is 0.267 e. The molecule has 0 aliphatic rings. The van der Waals surface area contributed by atoms with Crippen molar-refractivity contribution in [2.45, 2.75) is 39.5 Å². The van der Waals surface area contributed by atoms with Crippen molar-refractivity contribution < 1.29 is 10.1 Å². The molecule has 12 heavy (non-hydrogen) atoms. The third-order valence-corrected chi connectivity index (χ3v) is 2.00. The molecule has 0 aliphatic carbocycles. The monoisotopic (exact) mass is 169 g/mol. The molecular formula is C9H17N2O+. The van der Waals surface area contributed by atoms with Crippen LogP contribution in [-0.4, -0.2) is 10.3 Å². The first-order valence-electron chi connectivity index (χ1n) is 4.36. The smallest absolute Gasteiger partial charge is 0.261 e. The number of aromatic amines is 1. The molecule has 0 amide bonds. The minimum atomic E-state index is 0.346. The van der Waals surface area contributed by atoms with Crippen molar-refractivity contribution in [1.82, 2.24) is 5.10 Å². The molecule has 0 bridgehead atoms. The molecule has 0 radical (unpaired) electrons. The predicted molar refractivity (Wildman–Crippen MR) is 46.4 cm³/mol. The van der Waals surface area contributed by atoms with Gasteiger partial charge >= 0.3 is 0 Å². The van der Waals surface area contributed by atoms with E-state index in [2.05, 4.69) is 32.8 Å². The van der Waals surface area contributed by atoms with Crippen molar-refractivity contribution in [1.29, 1.82) is 0 Å². The highest BCUT2D eigenvalue weighted by molar-refractivity contribution is 5.09. The highest BCUT2D eigenvalue weighted by atomic mass is 16.5. The van der Waals surface area contributed by atoms with Gasteiger partial charge < -0.3 is 0 Å². The number of rotatable bonds is 2. The van der Waals surface area contributed by atoms with Crippen LogP contribution in [-0.2, 0) is 0 Å². The molecular weight excluding hydrogens is 152 g/mol. The van der Waals surface area contributed by atoms with Crippen molar-refractivity contribution in [2.24, 2.45) is 0 Å². The maximum atomic E-state index is 9.41. The van der Waals surface area contributed by atoms with Gasteiger partial charge in [-0.25, -0.2) is 0 Å². The van der Waals surface area contributed by atoms with Crippen LogP contribution in [0.2, 0.25) is 0 Å². The number of hydrogen-bond acceptors (Lipinski definition) is 1. The molecule has 3 heteroatoms. The van der Waals surface area contributed by atoms with Crippen LogP contribution in [0.25, 0.3) is 0 Å². The third kappa shape index (κ3) is 1.60. The molecule has 0 atom stereocenters. The molecule has 1 aromatic heterocycles. The topological polar surface area (TPSA) is 39.9 Å². The van der Waals surface area contributed by atoms with Gasteiger partial charge in [-0.3, -0.25) is 5.21 Å². The molecule has 3 nitrogen and oxygen atoms in total. The third-order valence-electron chi connectivity index (χ3n) is 2.00. The van der Waals surface area contributed by atoms with E-state index in [1.807, 2.05) is 6.07 Å². The highest BCUT2D eigenvalue weighted by Crippen LogP contribution is 2.15. The number of hydrogen-bond donors (Lipinski definition) is 2. The molecule has 0 unspecified atom stereocenters. The second-order valence-electron chi connectivity index (χ2n) is 3.76. The van der Waals surface area contributed by atoms with Gasteiger partial charge in [-0.2, -0.15) is 0 Å². The zero-order chi connectivity index (χ0) is 9.30. The van der Waals surface area contributed by atoms with Gasteiger partial charge in [0.25, 0.3) is 5.69 Å². The van der Waals surface area contributed by atoms with E-state index in [1.54, 1.807) is 0 Å². The lowest BCUT2D eigenvalue weighted by atomic mass is 10.1. The fourth-order valence-electron chi connectivity index (χ4n) is 1.15. The summed E-state index contributed by atoms with van der Waals surface area (Å²) in [5.41, 5.74) is 2.00. The highest BCUT2D eigenvalue weighted by Gasteiger charge is 2.20. The second kappa shape index (κ2) is 3.17. The Hall–Kier alpha value is -0.990. The summed E-state index contributed by atoms with van der Waals surface area (Å²) in [6, 6.07) is 2.01. The normalized spacial score (nSPS) is 11.5. The van der Waals surface area contributed by atoms with Crippen molar-refractivity contribution >= 4 is 0 Å². The van der Waals surface area contributed by atoms with E-state index < -0.39 is 0 Å². The Labute approximate surface area is 73.0 Å². The maximum absolute atomic E-state index is 9.41. The van der Waals surface area contributed by atoms with Crippen molar-refractivity contribution in [3.05, 3.63) is 17.5 Å². The van der Waals surface area contributed by atoms with Crippen LogP contribution in [0.5, 0.6) is 0 Å². The van der Waals surface area contributed by atoms with Crippen molar-refractivity contribution in [3.8, 4) is 0 Å². The Bertz CT molecular complexity index is 263. The van der Waals surface area contributed by atoms with Crippen LogP contribution in [0.1, 0.15) is 50.9 Å². The van der Waals surface area contributed by atoms with E-state index in [-0.39, 0.29) is 0 Å². The van der Waals surface area contributed by atoms with Gasteiger partial charge in [-0.15, -0.1) is 5.10 Å². The summed E-state index contributed by atoms with van der Waals surface area (Å²) in [6.07, 6.45) is 0. The average molecular weight is 169 g/mol. The van der Waals surface area contributed by atoms with Gasteiger partial charge in [0.1, 0.15) is 0 Å². The zero-order valence-corrected chi connectivity index (χ0v) is 8.13. The molecule has 1 heterocycles. The molecule has 1 rings (SSSR count). The quantitative estimate of drug-likeness (QED) is 0.514. The van der Waals surface area contributed by atoms with Gasteiger partial charge in [-0.1, -0.05) is 27.7 Å². The Kier molecular flexibility index (Phi) is 2.40. The van der Waals surface area contributed by atoms with Gasteiger partial charge in [-0.05, 0) is 5.92 Å². The molecule has 0 saturated heterocycles. The Morgan fingerprint density at radius 1 is 1.25 bits per heavy atom. The summed E-state index contributed by atoms with van der Waals surface area (Å²) < 4.78 is 0. The zero-order valence-electron chi connectivity index (χ0n) is 8.13. The molecule has 0 spiro atoms. The van der Waals surface area contributed by atoms with Crippen LogP contribution in [0, 0.1) is 0 Å². The van der Waals surface area contributed by atoms with Crippen molar-refractivity contribution in [2.75, 3.05) is 0 Å². The lowest BCUT2D eigenvalue weighted by Gasteiger charge is -1.93. The van der Waals surface area contributed by atoms with E-state index in [1.165, 1.54) is 0 Å². The van der Waals surface area contributed by atoms with E-state index in [0.29, 0.717) is 11.8 Å². The molecule has 0 aliphatic heterocycles. The molecule has 0 fully saturated rings. The van der Waals surface area contributed by atoms with Gasteiger partial charge in [0.15, 0.2) is 0 Å². The summed E-state index contributed by atoms with van der Waals surface area (Å²) in [7, 11) is 0. The predicted octanol–water partition coefficient (Wildman–Crippen LogP) is 1.79. The summed E-state index contributed by atoms with van der Waals surface area (Å²) >= 11 is 0. The fourth-order valence-corrected chi connectivity index (χ4v) is 1.15. The molecule has 1 aromatic rings. The molecule has 0 aromatic carbocycles. The van der Waals surface area contributed by atoms with E-state index in [4.69, 9.17) is 0 Å². The first kappa shape index (κ1) is 9.10. The van der Waals surface area contributed by atoms with Crippen molar-refractivity contribution in [3.63, 3.8) is 0 Å². The SMILES string of the molecule is CC(C)c1cc(C(C)C)[n+](O)[nH]1. The van der Waals surface area contributed by atoms with E-state index >= 15 is 0 Å². The van der Waals surface area contributed by atoms with Crippen LogP contribution in [0.3, 0.4) is 0 Å². The Morgan fingerprint density at radius 2 is 1.83 bits per heavy atom. The number of H-pyrrole nitrogens is 1. The second-order valence-corrected chi connectivity index (χ2v) is 3.76. The molecule has 68 valence electrons. The summed E-state index contributed by atoms with van der Waals surface area (Å²) in [4.78, 5) is 1.11. The summed E-state index contributed by atoms with van der Waals surface area (Å²) in [5.74, 6) is 0.773. The van der Waals surface area contributed by atoms with Gasteiger partial charge in [0.05, 0.1) is 10.5 Å². The van der Waals surface area contributed by atoms with E-state index in [9.17, 15) is 5.21 Å². The Morgan fingerprint density at radius 3 is 2.08 bits per heavy atom. The van der Waals surface area contributed by atoms with E-state index in [0.717, 1.165) is 16.2 Å². The lowest BCUT2D eigenvalue weighted by molar-refractivity contribution is -0.951. The first-order valence-corrected chi connectivity index (χ1v) is 4.36. The number of nitrogens with zero attached hydrogens (tertiary/aromatic N) is 1. The standard InChI is InChI=1S/C9H16N2O/c1-6(2)8-5-9(7(3)4)11(12)10-8/h5-7,12H,1-4H3/p+1. The van der Waals surface area contributed by atoms with Crippen LogP contribution >= 0.6 is 0 Å². The molecule has 0 saturated carbocycles.